The number of hydrogen-bond donors (Lipinski definition) is 0. The lowest BCUT2D eigenvalue weighted by atomic mass is 10.2. The molecule has 2 rings (SSSR count). The molecular weight excluding hydrogens is 259 g/mol. The zero-order chi connectivity index (χ0) is 13.0. The molecule has 18 heavy (non-hydrogen) atoms. The Hall–Kier alpha value is -1.88. The second-order valence-electron chi connectivity index (χ2n) is 3.51. The SMILES string of the molecule is O=C(OCCn1cccn1)c1cccc(F)c1Cl. The summed E-state index contributed by atoms with van der Waals surface area (Å²) in [6.45, 7) is 0.582. The van der Waals surface area contributed by atoms with Crippen molar-refractivity contribution in [2.45, 2.75) is 6.54 Å². The van der Waals surface area contributed by atoms with Crippen molar-refractivity contribution in [2.75, 3.05) is 6.61 Å². The number of esters is 1. The molecule has 0 amide bonds. The molecule has 0 atom stereocenters. The standard InChI is InChI=1S/C12H10ClFN2O2/c13-11-9(3-1-4-10(11)14)12(17)18-8-7-16-6-2-5-15-16/h1-6H,7-8H2. The van der Waals surface area contributed by atoms with Crippen LogP contribution in [0.15, 0.2) is 36.7 Å². The zero-order valence-corrected chi connectivity index (χ0v) is 10.1. The van der Waals surface area contributed by atoms with Crippen LogP contribution < -0.4 is 0 Å². The molecule has 0 fully saturated rings. The molecule has 4 nitrogen and oxygen atoms in total. The van der Waals surface area contributed by atoms with Crippen LogP contribution in [-0.2, 0) is 11.3 Å². The van der Waals surface area contributed by atoms with E-state index >= 15 is 0 Å². The average molecular weight is 269 g/mol. The molecule has 2 aromatic rings. The monoisotopic (exact) mass is 268 g/mol. The number of carbonyl (C=O) groups is 1. The molecule has 1 aromatic heterocycles. The Kier molecular flexibility index (Phi) is 3.94. The van der Waals surface area contributed by atoms with Crippen LogP contribution >= 0.6 is 11.6 Å². The molecule has 0 saturated heterocycles. The number of rotatable bonds is 4. The summed E-state index contributed by atoms with van der Waals surface area (Å²) in [5, 5.41) is 3.74. The van der Waals surface area contributed by atoms with Crippen molar-refractivity contribution in [3.05, 3.63) is 53.1 Å². The van der Waals surface area contributed by atoms with Crippen molar-refractivity contribution in [2.24, 2.45) is 0 Å². The lowest BCUT2D eigenvalue weighted by molar-refractivity contribution is 0.0487. The molecule has 0 aliphatic carbocycles. The first-order valence-electron chi connectivity index (χ1n) is 5.27. The van der Waals surface area contributed by atoms with E-state index in [-0.39, 0.29) is 17.2 Å². The van der Waals surface area contributed by atoms with Crippen molar-refractivity contribution in [1.82, 2.24) is 9.78 Å². The quantitative estimate of drug-likeness (QED) is 0.801. The fourth-order valence-corrected chi connectivity index (χ4v) is 1.61. The van der Waals surface area contributed by atoms with Crippen LogP contribution in [0.4, 0.5) is 4.39 Å². The van der Waals surface area contributed by atoms with Crippen LogP contribution in [0, 0.1) is 5.82 Å². The van der Waals surface area contributed by atoms with Crippen molar-refractivity contribution < 1.29 is 13.9 Å². The Morgan fingerprint density at radius 2 is 2.28 bits per heavy atom. The predicted molar refractivity (Wildman–Crippen MR) is 63.9 cm³/mol. The number of ether oxygens (including phenoxy) is 1. The molecule has 94 valence electrons. The summed E-state index contributed by atoms with van der Waals surface area (Å²) < 4.78 is 19.7. The van der Waals surface area contributed by atoms with Gasteiger partial charge in [-0.15, -0.1) is 0 Å². The topological polar surface area (TPSA) is 44.1 Å². The van der Waals surface area contributed by atoms with Gasteiger partial charge >= 0.3 is 5.97 Å². The third kappa shape index (κ3) is 2.87. The minimum absolute atomic E-state index is 0.0251. The van der Waals surface area contributed by atoms with E-state index in [2.05, 4.69) is 5.10 Å². The van der Waals surface area contributed by atoms with Crippen LogP contribution in [0.3, 0.4) is 0 Å². The minimum atomic E-state index is -0.647. The Morgan fingerprint density at radius 3 is 3.00 bits per heavy atom. The molecule has 6 heteroatoms. The largest absolute Gasteiger partial charge is 0.460 e. The fraction of sp³-hybridized carbons (Fsp3) is 0.167. The van der Waals surface area contributed by atoms with Crippen molar-refractivity contribution in [1.29, 1.82) is 0 Å². The summed E-state index contributed by atoms with van der Waals surface area (Å²) in [5.74, 6) is -1.29. The lowest BCUT2D eigenvalue weighted by Gasteiger charge is -2.06. The highest BCUT2D eigenvalue weighted by molar-refractivity contribution is 6.33. The molecule has 0 aliphatic rings. The number of aromatic nitrogens is 2. The van der Waals surface area contributed by atoms with E-state index in [1.807, 2.05) is 0 Å². The summed E-state index contributed by atoms with van der Waals surface area (Å²) in [7, 11) is 0. The third-order valence-electron chi connectivity index (χ3n) is 2.28. The third-order valence-corrected chi connectivity index (χ3v) is 2.67. The molecule has 1 aromatic carbocycles. The van der Waals surface area contributed by atoms with E-state index in [0.29, 0.717) is 6.54 Å². The zero-order valence-electron chi connectivity index (χ0n) is 9.35. The van der Waals surface area contributed by atoms with Gasteiger partial charge in [0.1, 0.15) is 12.4 Å². The van der Waals surface area contributed by atoms with E-state index in [1.165, 1.54) is 18.2 Å². The highest BCUT2D eigenvalue weighted by atomic mass is 35.5. The summed E-state index contributed by atoms with van der Waals surface area (Å²) in [5.41, 5.74) is 0.0251. The van der Waals surface area contributed by atoms with Gasteiger partial charge in [0.25, 0.3) is 0 Å². The Balaban J connectivity index is 1.93. The molecule has 0 unspecified atom stereocenters. The molecular formula is C12H10ClFN2O2. The van der Waals surface area contributed by atoms with Gasteiger partial charge < -0.3 is 4.74 Å². The summed E-state index contributed by atoms with van der Waals surface area (Å²) in [6.07, 6.45) is 3.38. The second-order valence-corrected chi connectivity index (χ2v) is 3.88. The van der Waals surface area contributed by atoms with E-state index in [4.69, 9.17) is 16.3 Å². The van der Waals surface area contributed by atoms with Crippen LogP contribution in [0.1, 0.15) is 10.4 Å². The smallest absolute Gasteiger partial charge is 0.339 e. The van der Waals surface area contributed by atoms with Gasteiger partial charge in [0.15, 0.2) is 0 Å². The van der Waals surface area contributed by atoms with Crippen LogP contribution in [0.25, 0.3) is 0 Å². The summed E-state index contributed by atoms with van der Waals surface area (Å²) >= 11 is 5.67. The minimum Gasteiger partial charge on any atom is -0.460 e. The normalized spacial score (nSPS) is 10.3. The average Bonchev–Trinajstić information content (AvgIpc) is 2.85. The van der Waals surface area contributed by atoms with E-state index in [9.17, 15) is 9.18 Å². The van der Waals surface area contributed by atoms with Crippen LogP contribution in [0.2, 0.25) is 5.02 Å². The molecule has 0 bridgehead atoms. The number of carbonyl (C=O) groups excluding carboxylic acids is 1. The van der Waals surface area contributed by atoms with Gasteiger partial charge in [-0.25, -0.2) is 9.18 Å². The van der Waals surface area contributed by atoms with Gasteiger partial charge in [-0.1, -0.05) is 17.7 Å². The summed E-state index contributed by atoms with van der Waals surface area (Å²) in [4.78, 5) is 11.6. The Morgan fingerprint density at radius 1 is 1.44 bits per heavy atom. The summed E-state index contributed by atoms with van der Waals surface area (Å²) in [6, 6.07) is 5.78. The van der Waals surface area contributed by atoms with Crippen LogP contribution in [-0.4, -0.2) is 22.4 Å². The maximum absolute atomic E-state index is 13.1. The molecule has 0 saturated carbocycles. The first-order valence-corrected chi connectivity index (χ1v) is 5.65. The predicted octanol–water partition coefficient (Wildman–Crippen LogP) is 2.53. The van der Waals surface area contributed by atoms with Crippen LogP contribution in [0.5, 0.6) is 0 Å². The van der Waals surface area contributed by atoms with Gasteiger partial charge in [-0.2, -0.15) is 5.10 Å². The highest BCUT2D eigenvalue weighted by Gasteiger charge is 2.14. The molecule has 0 radical (unpaired) electrons. The van der Waals surface area contributed by atoms with E-state index in [1.54, 1.807) is 23.1 Å². The van der Waals surface area contributed by atoms with Gasteiger partial charge in [0, 0.05) is 12.4 Å². The molecule has 0 aliphatic heterocycles. The molecule has 0 spiro atoms. The molecule has 0 N–H and O–H groups in total. The fourth-order valence-electron chi connectivity index (χ4n) is 1.40. The maximum atomic E-state index is 13.1. The maximum Gasteiger partial charge on any atom is 0.339 e. The number of nitrogens with zero attached hydrogens (tertiary/aromatic N) is 2. The van der Waals surface area contributed by atoms with Gasteiger partial charge in [-0.05, 0) is 18.2 Å². The first kappa shape index (κ1) is 12.6. The van der Waals surface area contributed by atoms with Gasteiger partial charge in [0.05, 0.1) is 17.1 Å². The number of benzene rings is 1. The number of hydrogen-bond acceptors (Lipinski definition) is 3. The number of halogens is 2. The first-order chi connectivity index (χ1) is 8.68. The Bertz CT molecular complexity index is 543. The Labute approximate surface area is 108 Å². The van der Waals surface area contributed by atoms with E-state index < -0.39 is 11.8 Å². The second kappa shape index (κ2) is 5.64. The van der Waals surface area contributed by atoms with Gasteiger partial charge in [0.2, 0.25) is 0 Å². The van der Waals surface area contributed by atoms with Gasteiger partial charge in [-0.3, -0.25) is 4.68 Å². The van der Waals surface area contributed by atoms with Crippen molar-refractivity contribution >= 4 is 17.6 Å². The van der Waals surface area contributed by atoms with Crippen molar-refractivity contribution in [3.8, 4) is 0 Å². The molecule has 1 heterocycles. The van der Waals surface area contributed by atoms with E-state index in [0.717, 1.165) is 0 Å². The highest BCUT2D eigenvalue weighted by Crippen LogP contribution is 2.20. The van der Waals surface area contributed by atoms with Crippen molar-refractivity contribution in [3.63, 3.8) is 0 Å². The lowest BCUT2D eigenvalue weighted by Crippen LogP contribution is -2.12.